The third-order valence-corrected chi connectivity index (χ3v) is 0. The van der Waals surface area contributed by atoms with Crippen molar-refractivity contribution in [1.29, 1.82) is 5.26 Å². The van der Waals surface area contributed by atoms with Crippen molar-refractivity contribution in [2.45, 2.75) is 0 Å². The van der Waals surface area contributed by atoms with E-state index in [2.05, 4.69) is 0 Å². The first-order valence-electron chi connectivity index (χ1n) is 0.447. The van der Waals surface area contributed by atoms with E-state index in [1.807, 2.05) is 0 Å². The maximum atomic E-state index is 6.88. The molecule has 0 aliphatic heterocycles. The van der Waals surface area contributed by atoms with E-state index in [0.717, 1.165) is 6.26 Å². The Bertz CT molecular complexity index is 33.1. The average molecular weight is 185 g/mol. The molecular formula is CH3AgNOS. The molecule has 2 nitrogen and oxygen atoms in total. The Morgan fingerprint density at radius 1 is 1.60 bits per heavy atom. The number of aliphatic hydroxyl groups excluding tert-OH is 1. The molecule has 0 bridgehead atoms. The minimum atomic E-state index is 0. The van der Waals surface area contributed by atoms with E-state index in [-0.39, 0.29) is 35.9 Å². The molecule has 0 fully saturated rings. The average Bonchev–Trinajstić information content (AvgIpc) is 0.918. The molecule has 0 spiro atoms. The van der Waals surface area contributed by atoms with Crippen LogP contribution in [0.2, 0.25) is 0 Å². The zero-order chi connectivity index (χ0) is 2.71. The van der Waals surface area contributed by atoms with Gasteiger partial charge in [0.2, 0.25) is 0 Å². The summed E-state index contributed by atoms with van der Waals surface area (Å²) in [5, 5.41) is 13.8. The quantitative estimate of drug-likeness (QED) is 0.424. The Kier molecular flexibility index (Phi) is 95.7. The molecule has 0 aliphatic rings. The Balaban J connectivity index is -0.0000000200. The number of aliphatic hydroxyl groups is 1. The van der Waals surface area contributed by atoms with E-state index in [1.54, 1.807) is 0 Å². The second-order valence-electron chi connectivity index (χ2n) is 0.100. The number of rotatable bonds is 0. The van der Waals surface area contributed by atoms with Gasteiger partial charge in [0.05, 0.1) is 0 Å². The second-order valence-corrected chi connectivity index (χ2v) is 0.100. The van der Waals surface area contributed by atoms with Crippen LogP contribution >= 0.6 is 13.5 Å². The SMILES string of the molecule is N#CO.S.[Ag]. The summed E-state index contributed by atoms with van der Waals surface area (Å²) in [4.78, 5) is 0. The summed E-state index contributed by atoms with van der Waals surface area (Å²) in [5.74, 6) is 0. The fraction of sp³-hybridized carbons (Fsp3) is 0. The van der Waals surface area contributed by atoms with Crippen LogP contribution < -0.4 is 0 Å². The fourth-order valence-electron chi connectivity index (χ4n) is 0. The van der Waals surface area contributed by atoms with Crippen molar-refractivity contribution >= 4 is 13.5 Å². The summed E-state index contributed by atoms with van der Waals surface area (Å²) in [6, 6.07) is 0. The molecule has 0 atom stereocenters. The summed E-state index contributed by atoms with van der Waals surface area (Å²) >= 11 is 0. The van der Waals surface area contributed by atoms with Crippen LogP contribution in [0.3, 0.4) is 0 Å². The summed E-state index contributed by atoms with van der Waals surface area (Å²) in [6.07, 6.45) is 0.750. The Labute approximate surface area is 52.8 Å². The first kappa shape index (κ1) is 18.2. The monoisotopic (exact) mass is 184 g/mol. The molecule has 0 heterocycles. The predicted octanol–water partition coefficient (Wildman–Crippen LogP) is -0.0497. The summed E-state index contributed by atoms with van der Waals surface area (Å²) in [6.45, 7) is 0. The van der Waals surface area contributed by atoms with Gasteiger partial charge in [-0.3, -0.25) is 0 Å². The summed E-state index contributed by atoms with van der Waals surface area (Å²) in [5.41, 5.74) is 0. The topological polar surface area (TPSA) is 44.0 Å². The zero-order valence-electron chi connectivity index (χ0n) is 2.20. The second kappa shape index (κ2) is 26.3. The molecule has 0 amide bonds. The molecule has 35 valence electrons. The van der Waals surface area contributed by atoms with Gasteiger partial charge in [0, 0.05) is 22.4 Å². The molecule has 0 rings (SSSR count). The van der Waals surface area contributed by atoms with Gasteiger partial charge in [-0.1, -0.05) is 0 Å². The molecule has 0 unspecified atom stereocenters. The van der Waals surface area contributed by atoms with Gasteiger partial charge < -0.3 is 5.11 Å². The van der Waals surface area contributed by atoms with Crippen molar-refractivity contribution in [3.05, 3.63) is 0 Å². The fourth-order valence-corrected chi connectivity index (χ4v) is 0. The van der Waals surface area contributed by atoms with Gasteiger partial charge in [-0.25, -0.2) is 0 Å². The van der Waals surface area contributed by atoms with Gasteiger partial charge in [-0.2, -0.15) is 18.8 Å². The van der Waals surface area contributed by atoms with Crippen LogP contribution in [0.25, 0.3) is 0 Å². The minimum Gasteiger partial charge on any atom is -0.443 e. The molecule has 0 aromatic rings. The number of hydrogen-bond donors (Lipinski definition) is 1. The van der Waals surface area contributed by atoms with Crippen molar-refractivity contribution in [2.75, 3.05) is 0 Å². The van der Waals surface area contributed by atoms with Gasteiger partial charge in [0.15, 0.2) is 0 Å². The van der Waals surface area contributed by atoms with Crippen molar-refractivity contribution in [3.63, 3.8) is 0 Å². The van der Waals surface area contributed by atoms with Crippen LogP contribution in [-0.2, 0) is 22.4 Å². The largest absolute Gasteiger partial charge is 0.443 e. The molecule has 0 aromatic carbocycles. The first-order chi connectivity index (χ1) is 1.41. The van der Waals surface area contributed by atoms with Crippen LogP contribution in [-0.4, -0.2) is 5.11 Å². The van der Waals surface area contributed by atoms with Crippen LogP contribution in [0.5, 0.6) is 0 Å². The minimum absolute atomic E-state index is 0. The Morgan fingerprint density at radius 3 is 1.60 bits per heavy atom. The van der Waals surface area contributed by atoms with Gasteiger partial charge in [-0.15, -0.1) is 0 Å². The number of nitriles is 1. The third kappa shape index (κ3) is 172. The van der Waals surface area contributed by atoms with Crippen molar-refractivity contribution in [2.24, 2.45) is 0 Å². The van der Waals surface area contributed by atoms with Gasteiger partial charge in [0.1, 0.15) is 0 Å². The van der Waals surface area contributed by atoms with Crippen LogP contribution in [0, 0.1) is 11.5 Å². The Morgan fingerprint density at radius 2 is 1.60 bits per heavy atom. The standard InChI is InChI=1S/CHNO.Ag.H2S/c2-1-3;;/h3H;;1H2. The van der Waals surface area contributed by atoms with Crippen molar-refractivity contribution in [1.82, 2.24) is 0 Å². The van der Waals surface area contributed by atoms with E-state index < -0.39 is 0 Å². The summed E-state index contributed by atoms with van der Waals surface area (Å²) < 4.78 is 0. The maximum absolute atomic E-state index is 6.88. The summed E-state index contributed by atoms with van der Waals surface area (Å²) in [7, 11) is 0. The molecule has 5 heavy (non-hydrogen) atoms. The van der Waals surface area contributed by atoms with E-state index in [1.165, 1.54) is 0 Å². The molecule has 0 aromatic heterocycles. The molecule has 1 N–H and O–H groups in total. The van der Waals surface area contributed by atoms with Crippen molar-refractivity contribution < 1.29 is 27.5 Å². The van der Waals surface area contributed by atoms with E-state index in [4.69, 9.17) is 10.4 Å². The smallest absolute Gasteiger partial charge is 0.283 e. The van der Waals surface area contributed by atoms with Crippen molar-refractivity contribution in [3.8, 4) is 6.26 Å². The predicted molar refractivity (Wildman–Crippen MR) is 17.9 cm³/mol. The number of hydrogen-bond acceptors (Lipinski definition) is 2. The van der Waals surface area contributed by atoms with Crippen LogP contribution in [0.1, 0.15) is 0 Å². The van der Waals surface area contributed by atoms with E-state index in [0.29, 0.717) is 0 Å². The maximum Gasteiger partial charge on any atom is 0.283 e. The molecule has 4 heteroatoms. The zero-order valence-corrected chi connectivity index (χ0v) is 4.68. The van der Waals surface area contributed by atoms with Crippen LogP contribution in [0.4, 0.5) is 0 Å². The van der Waals surface area contributed by atoms with Crippen LogP contribution in [0.15, 0.2) is 0 Å². The molecule has 0 aliphatic carbocycles. The van der Waals surface area contributed by atoms with Gasteiger partial charge in [-0.05, 0) is 0 Å². The van der Waals surface area contributed by atoms with Gasteiger partial charge in [0.25, 0.3) is 6.26 Å². The normalized spacial score (nSPS) is 1.40. The number of nitrogens with zero attached hydrogens (tertiary/aromatic N) is 1. The molecule has 0 saturated carbocycles. The molecule has 1 radical (unpaired) electrons. The molecule has 0 saturated heterocycles. The Hall–Kier alpha value is 0.380. The first-order valence-corrected chi connectivity index (χ1v) is 0.447. The third-order valence-electron chi connectivity index (χ3n) is 0. The van der Waals surface area contributed by atoms with Gasteiger partial charge >= 0.3 is 0 Å². The molecular weight excluding hydrogens is 182 g/mol. The van der Waals surface area contributed by atoms with E-state index in [9.17, 15) is 0 Å². The van der Waals surface area contributed by atoms with E-state index >= 15 is 0 Å².